The Balaban J connectivity index is 1.76. The molecule has 1 aromatic carbocycles. The fourth-order valence-electron chi connectivity index (χ4n) is 3.58. The number of aryl methyl sites for hydroxylation is 1. The molecule has 0 amide bonds. The number of aromatic amines is 1. The Labute approximate surface area is 158 Å². The first-order valence-electron chi connectivity index (χ1n) is 9.23. The van der Waals surface area contributed by atoms with Gasteiger partial charge in [-0.2, -0.15) is 0 Å². The third kappa shape index (κ3) is 3.33. The first-order valence-corrected chi connectivity index (χ1v) is 9.23. The minimum Gasteiger partial charge on any atom is -0.481 e. The lowest BCUT2D eigenvalue weighted by molar-refractivity contribution is 0.0520. The van der Waals surface area contributed by atoms with Gasteiger partial charge in [0.1, 0.15) is 5.69 Å². The second kappa shape index (κ2) is 7.27. The maximum atomic E-state index is 12.0. The molecule has 4 rings (SSSR count). The van der Waals surface area contributed by atoms with Crippen molar-refractivity contribution in [1.29, 1.82) is 0 Å². The Kier molecular flexibility index (Phi) is 4.67. The molecule has 1 N–H and O–H groups in total. The van der Waals surface area contributed by atoms with Crippen LogP contribution in [0.2, 0.25) is 0 Å². The van der Waals surface area contributed by atoms with E-state index in [4.69, 9.17) is 9.47 Å². The van der Waals surface area contributed by atoms with E-state index in [1.165, 1.54) is 11.1 Å². The number of nitrogens with one attached hydrogen (secondary N) is 1. The van der Waals surface area contributed by atoms with Crippen LogP contribution >= 0.6 is 0 Å². The summed E-state index contributed by atoms with van der Waals surface area (Å²) in [5, 5.41) is 0.990. The highest BCUT2D eigenvalue weighted by Gasteiger charge is 2.16. The number of benzene rings is 1. The van der Waals surface area contributed by atoms with Gasteiger partial charge in [0.25, 0.3) is 0 Å². The molecule has 0 fully saturated rings. The lowest BCUT2D eigenvalue weighted by Gasteiger charge is -2.12. The minimum atomic E-state index is -0.328. The van der Waals surface area contributed by atoms with E-state index < -0.39 is 0 Å². The number of allylic oxidation sites excluding steroid dienone is 1. The van der Waals surface area contributed by atoms with Crippen LogP contribution in [0.1, 0.15) is 46.9 Å². The summed E-state index contributed by atoms with van der Waals surface area (Å²) in [6, 6.07) is 10.1. The summed E-state index contributed by atoms with van der Waals surface area (Å²) in [5.41, 5.74) is 6.10. The fraction of sp³-hybridized carbons (Fsp3) is 0.273. The summed E-state index contributed by atoms with van der Waals surface area (Å²) in [7, 11) is 1.64. The normalized spacial score (nSPS) is 13.6. The first kappa shape index (κ1) is 17.3. The molecule has 3 aromatic rings. The Morgan fingerprint density at radius 1 is 1.26 bits per heavy atom. The van der Waals surface area contributed by atoms with Crippen molar-refractivity contribution in [3.63, 3.8) is 0 Å². The largest absolute Gasteiger partial charge is 0.481 e. The fourth-order valence-corrected chi connectivity index (χ4v) is 3.58. The highest BCUT2D eigenvalue weighted by atomic mass is 16.5. The molecule has 2 aromatic heterocycles. The number of H-pyrrole nitrogens is 1. The minimum absolute atomic E-state index is 0.328. The molecule has 0 saturated carbocycles. The molecule has 0 radical (unpaired) electrons. The van der Waals surface area contributed by atoms with Crippen molar-refractivity contribution in [2.45, 2.75) is 26.2 Å². The van der Waals surface area contributed by atoms with Gasteiger partial charge in [0.05, 0.1) is 13.7 Å². The number of nitrogens with zero attached hydrogens (tertiary/aromatic N) is 1. The van der Waals surface area contributed by atoms with E-state index in [1.807, 2.05) is 24.4 Å². The average molecular weight is 362 g/mol. The summed E-state index contributed by atoms with van der Waals surface area (Å²) in [6.07, 6.45) is 7.30. The molecule has 1 aliphatic rings. The number of hydrogen-bond acceptors (Lipinski definition) is 4. The topological polar surface area (TPSA) is 64.2 Å². The average Bonchev–Trinajstić information content (AvgIpc) is 3.00. The standard InChI is InChI=1S/C22H22N2O3/c1-3-27-22(25)20-11-16-10-15(8-9-19(16)24-20)17-7-5-4-6-14-12-21(26-2)23-13-18(14)17/h7-13,24H,3-6H2,1-2H3. The summed E-state index contributed by atoms with van der Waals surface area (Å²) >= 11 is 0. The zero-order valence-corrected chi connectivity index (χ0v) is 15.5. The van der Waals surface area contributed by atoms with Crippen molar-refractivity contribution in [2.24, 2.45) is 0 Å². The maximum absolute atomic E-state index is 12.0. The first-order chi connectivity index (χ1) is 13.2. The lowest BCUT2D eigenvalue weighted by atomic mass is 9.95. The zero-order valence-electron chi connectivity index (χ0n) is 15.5. The van der Waals surface area contributed by atoms with Gasteiger partial charge in [-0.15, -0.1) is 0 Å². The monoisotopic (exact) mass is 362 g/mol. The number of carbonyl (C=O) groups excluding carboxylic acids is 1. The van der Waals surface area contributed by atoms with Crippen LogP contribution in [-0.4, -0.2) is 29.7 Å². The number of hydrogen-bond donors (Lipinski definition) is 1. The molecule has 0 bridgehead atoms. The van der Waals surface area contributed by atoms with Crippen LogP contribution in [0.15, 0.2) is 42.6 Å². The Bertz CT molecular complexity index is 1030. The van der Waals surface area contributed by atoms with Crippen LogP contribution in [0.3, 0.4) is 0 Å². The van der Waals surface area contributed by atoms with E-state index in [2.05, 4.69) is 28.2 Å². The molecule has 138 valence electrons. The van der Waals surface area contributed by atoms with Gasteiger partial charge in [-0.25, -0.2) is 9.78 Å². The van der Waals surface area contributed by atoms with Gasteiger partial charge in [0, 0.05) is 28.7 Å². The van der Waals surface area contributed by atoms with Crippen molar-refractivity contribution in [3.8, 4) is 5.88 Å². The number of methoxy groups -OCH3 is 1. The molecule has 0 saturated heterocycles. The van der Waals surface area contributed by atoms with Crippen molar-refractivity contribution in [1.82, 2.24) is 9.97 Å². The molecule has 5 nitrogen and oxygen atoms in total. The lowest BCUT2D eigenvalue weighted by Crippen LogP contribution is -2.04. The number of carbonyl (C=O) groups is 1. The predicted molar refractivity (Wildman–Crippen MR) is 105 cm³/mol. The van der Waals surface area contributed by atoms with Gasteiger partial charge in [-0.3, -0.25) is 0 Å². The van der Waals surface area contributed by atoms with E-state index in [0.717, 1.165) is 41.3 Å². The molecular weight excluding hydrogens is 340 g/mol. The molecule has 0 spiro atoms. The molecule has 0 unspecified atom stereocenters. The van der Waals surface area contributed by atoms with Gasteiger partial charge >= 0.3 is 5.97 Å². The summed E-state index contributed by atoms with van der Waals surface area (Å²) in [4.78, 5) is 19.5. The Hall–Kier alpha value is -3.08. The molecule has 0 atom stereocenters. The highest BCUT2D eigenvalue weighted by molar-refractivity contribution is 5.96. The number of aromatic nitrogens is 2. The number of rotatable bonds is 4. The molecule has 2 heterocycles. The Morgan fingerprint density at radius 3 is 2.96 bits per heavy atom. The van der Waals surface area contributed by atoms with Gasteiger partial charge < -0.3 is 14.5 Å². The molecule has 27 heavy (non-hydrogen) atoms. The van der Waals surface area contributed by atoms with Crippen molar-refractivity contribution >= 4 is 22.4 Å². The quantitative estimate of drug-likeness (QED) is 0.693. The number of esters is 1. The summed E-state index contributed by atoms with van der Waals surface area (Å²) < 4.78 is 10.4. The molecule has 0 aliphatic heterocycles. The van der Waals surface area contributed by atoms with E-state index >= 15 is 0 Å². The number of fused-ring (bicyclic) bond motifs is 2. The van der Waals surface area contributed by atoms with Gasteiger partial charge in [-0.05, 0) is 61.1 Å². The summed E-state index contributed by atoms with van der Waals surface area (Å²) in [5.74, 6) is 0.320. The molecule has 5 heteroatoms. The van der Waals surface area contributed by atoms with E-state index in [9.17, 15) is 4.79 Å². The van der Waals surface area contributed by atoms with Crippen LogP contribution in [0.5, 0.6) is 5.88 Å². The van der Waals surface area contributed by atoms with Crippen LogP contribution < -0.4 is 4.74 Å². The van der Waals surface area contributed by atoms with Crippen LogP contribution in [0.4, 0.5) is 0 Å². The molecular formula is C22H22N2O3. The van der Waals surface area contributed by atoms with E-state index in [1.54, 1.807) is 14.0 Å². The predicted octanol–water partition coefficient (Wildman–Crippen LogP) is 4.52. The van der Waals surface area contributed by atoms with Crippen molar-refractivity contribution in [3.05, 3.63) is 65.0 Å². The highest BCUT2D eigenvalue weighted by Crippen LogP contribution is 2.33. The maximum Gasteiger partial charge on any atom is 0.354 e. The van der Waals surface area contributed by atoms with Crippen molar-refractivity contribution < 1.29 is 14.3 Å². The van der Waals surface area contributed by atoms with Crippen LogP contribution in [-0.2, 0) is 11.2 Å². The van der Waals surface area contributed by atoms with Gasteiger partial charge in [-0.1, -0.05) is 12.1 Å². The van der Waals surface area contributed by atoms with Crippen molar-refractivity contribution in [2.75, 3.05) is 13.7 Å². The SMILES string of the molecule is CCOC(=O)c1cc2cc(C3=CCCCc4cc(OC)ncc43)ccc2[nH]1. The third-order valence-electron chi connectivity index (χ3n) is 4.89. The molecule has 1 aliphatic carbocycles. The van der Waals surface area contributed by atoms with Crippen LogP contribution in [0.25, 0.3) is 16.5 Å². The van der Waals surface area contributed by atoms with E-state index in [-0.39, 0.29) is 5.97 Å². The van der Waals surface area contributed by atoms with E-state index in [0.29, 0.717) is 18.2 Å². The smallest absolute Gasteiger partial charge is 0.354 e. The Morgan fingerprint density at radius 2 is 2.15 bits per heavy atom. The second-order valence-corrected chi connectivity index (χ2v) is 6.60. The van der Waals surface area contributed by atoms with Gasteiger partial charge in [0.2, 0.25) is 5.88 Å². The third-order valence-corrected chi connectivity index (χ3v) is 4.89. The summed E-state index contributed by atoms with van der Waals surface area (Å²) in [6.45, 7) is 2.16. The number of pyridine rings is 1. The second-order valence-electron chi connectivity index (χ2n) is 6.60. The van der Waals surface area contributed by atoms with Gasteiger partial charge in [0.15, 0.2) is 0 Å². The zero-order chi connectivity index (χ0) is 18.8. The number of ether oxygens (including phenoxy) is 2. The van der Waals surface area contributed by atoms with Crippen LogP contribution in [0, 0.1) is 0 Å².